The molecule has 1 saturated carbocycles. The molecule has 0 bridgehead atoms. The van der Waals surface area contributed by atoms with Crippen LogP contribution in [0.2, 0.25) is 0 Å². The molecule has 5 nitrogen and oxygen atoms in total. The lowest BCUT2D eigenvalue weighted by molar-refractivity contribution is -0.148. The van der Waals surface area contributed by atoms with Gasteiger partial charge >= 0.3 is 0 Å². The van der Waals surface area contributed by atoms with Gasteiger partial charge in [-0.3, -0.25) is 4.79 Å². The van der Waals surface area contributed by atoms with Gasteiger partial charge in [0, 0.05) is 36.9 Å². The Morgan fingerprint density at radius 2 is 2.05 bits per heavy atom. The molecule has 2 fully saturated rings. The Kier molecular flexibility index (Phi) is 2.49. The Bertz CT molecular complexity index is 729. The van der Waals surface area contributed by atoms with E-state index in [1.54, 1.807) is 13.0 Å². The Morgan fingerprint density at radius 3 is 2.76 bits per heavy atom. The van der Waals surface area contributed by atoms with Gasteiger partial charge in [-0.25, -0.2) is 0 Å². The predicted octanol–water partition coefficient (Wildman–Crippen LogP) is 2.06. The van der Waals surface area contributed by atoms with Gasteiger partial charge in [0.05, 0.1) is 5.52 Å². The van der Waals surface area contributed by atoms with Crippen molar-refractivity contribution in [2.45, 2.75) is 25.7 Å². The van der Waals surface area contributed by atoms with Crippen molar-refractivity contribution >= 4 is 16.8 Å². The summed E-state index contributed by atoms with van der Waals surface area (Å²) < 4.78 is 0. The number of aromatic hydroxyl groups is 1. The van der Waals surface area contributed by atoms with Crippen LogP contribution in [0.3, 0.4) is 0 Å². The van der Waals surface area contributed by atoms with E-state index >= 15 is 0 Å². The summed E-state index contributed by atoms with van der Waals surface area (Å²) in [6, 6.07) is 7.81. The average Bonchev–Trinajstić information content (AvgIpc) is 2.35. The van der Waals surface area contributed by atoms with Crippen LogP contribution in [0.25, 0.3) is 10.9 Å². The zero-order valence-corrected chi connectivity index (χ0v) is 11.9. The van der Waals surface area contributed by atoms with Crippen LogP contribution in [-0.4, -0.2) is 39.2 Å². The second-order valence-corrected chi connectivity index (χ2v) is 6.50. The standard InChI is InChI=1S/C16H17N3O2/c1-10(20)19-8-16(9-19)6-13(7-16)11-2-3-12-5-15(21)18-17-14(12)4-11/h2-5,13H,6-9H2,1H3,(H,18,21). The predicted molar refractivity (Wildman–Crippen MR) is 77.9 cm³/mol. The van der Waals surface area contributed by atoms with Crippen molar-refractivity contribution in [1.82, 2.24) is 15.1 Å². The van der Waals surface area contributed by atoms with Crippen LogP contribution in [-0.2, 0) is 4.79 Å². The van der Waals surface area contributed by atoms with E-state index < -0.39 is 0 Å². The minimum atomic E-state index is -0.0448. The fourth-order valence-electron chi connectivity index (χ4n) is 3.76. The molecule has 2 aliphatic rings. The Labute approximate surface area is 122 Å². The van der Waals surface area contributed by atoms with Gasteiger partial charge in [0.25, 0.3) is 0 Å². The summed E-state index contributed by atoms with van der Waals surface area (Å²) in [5, 5.41) is 18.0. The van der Waals surface area contributed by atoms with Gasteiger partial charge in [0.2, 0.25) is 11.8 Å². The van der Waals surface area contributed by atoms with Crippen LogP contribution < -0.4 is 0 Å². The van der Waals surface area contributed by atoms with Crippen molar-refractivity contribution in [2.75, 3.05) is 13.1 Å². The second-order valence-electron chi connectivity index (χ2n) is 6.50. The van der Waals surface area contributed by atoms with Gasteiger partial charge in [-0.1, -0.05) is 12.1 Å². The van der Waals surface area contributed by atoms with E-state index in [0.29, 0.717) is 11.3 Å². The van der Waals surface area contributed by atoms with Gasteiger partial charge in [-0.15, -0.1) is 10.2 Å². The molecule has 0 unspecified atom stereocenters. The molecule has 2 aromatic rings. The van der Waals surface area contributed by atoms with Gasteiger partial charge in [-0.2, -0.15) is 0 Å². The molecular formula is C16H17N3O2. The zero-order chi connectivity index (χ0) is 14.6. The van der Waals surface area contributed by atoms with Crippen LogP contribution in [0.15, 0.2) is 24.3 Å². The van der Waals surface area contributed by atoms with E-state index in [9.17, 15) is 9.90 Å². The number of hydrogen-bond donors (Lipinski definition) is 1. The highest BCUT2D eigenvalue weighted by atomic mass is 16.3. The molecule has 0 radical (unpaired) electrons. The smallest absolute Gasteiger partial charge is 0.231 e. The number of amides is 1. The van der Waals surface area contributed by atoms with E-state index in [4.69, 9.17) is 0 Å². The molecule has 1 saturated heterocycles. The maximum atomic E-state index is 11.3. The molecule has 21 heavy (non-hydrogen) atoms. The van der Waals surface area contributed by atoms with Gasteiger partial charge in [0.15, 0.2) is 0 Å². The molecule has 4 rings (SSSR count). The number of aromatic nitrogens is 2. The third-order valence-corrected chi connectivity index (χ3v) is 4.93. The molecule has 1 N–H and O–H groups in total. The molecule has 1 aromatic heterocycles. The first-order valence-electron chi connectivity index (χ1n) is 7.27. The highest BCUT2D eigenvalue weighted by Crippen LogP contribution is 2.56. The van der Waals surface area contributed by atoms with Gasteiger partial charge in [-0.05, 0) is 30.4 Å². The van der Waals surface area contributed by atoms with Crippen LogP contribution in [0.1, 0.15) is 31.2 Å². The molecular weight excluding hydrogens is 266 g/mol. The first-order valence-corrected chi connectivity index (χ1v) is 7.27. The maximum absolute atomic E-state index is 11.3. The number of carbonyl (C=O) groups is 1. The summed E-state index contributed by atoms with van der Waals surface area (Å²) in [4.78, 5) is 13.2. The first-order chi connectivity index (χ1) is 10.0. The third kappa shape index (κ3) is 1.95. The molecule has 1 spiro atoms. The highest BCUT2D eigenvalue weighted by Gasteiger charge is 2.53. The number of benzene rings is 1. The summed E-state index contributed by atoms with van der Waals surface area (Å²) in [6.07, 6.45) is 2.29. The summed E-state index contributed by atoms with van der Waals surface area (Å²) in [5.74, 6) is 0.695. The molecule has 0 atom stereocenters. The molecule has 1 aromatic carbocycles. The van der Waals surface area contributed by atoms with Crippen LogP contribution in [0.5, 0.6) is 5.88 Å². The number of nitrogens with zero attached hydrogens (tertiary/aromatic N) is 3. The van der Waals surface area contributed by atoms with Crippen molar-refractivity contribution in [3.8, 4) is 5.88 Å². The monoisotopic (exact) mass is 283 g/mol. The molecule has 1 aliphatic heterocycles. The Balaban J connectivity index is 1.49. The quantitative estimate of drug-likeness (QED) is 0.870. The average molecular weight is 283 g/mol. The van der Waals surface area contributed by atoms with E-state index in [1.165, 1.54) is 5.56 Å². The lowest BCUT2D eigenvalue weighted by atomic mass is 9.56. The number of rotatable bonds is 1. The Hall–Kier alpha value is -2.17. The number of likely N-dealkylation sites (tertiary alicyclic amines) is 1. The zero-order valence-electron chi connectivity index (χ0n) is 11.9. The maximum Gasteiger partial charge on any atom is 0.231 e. The van der Waals surface area contributed by atoms with Crippen molar-refractivity contribution < 1.29 is 9.90 Å². The fraction of sp³-hybridized carbons (Fsp3) is 0.438. The van der Waals surface area contributed by atoms with Crippen LogP contribution >= 0.6 is 0 Å². The van der Waals surface area contributed by atoms with E-state index in [2.05, 4.69) is 22.3 Å². The largest absolute Gasteiger partial charge is 0.492 e. The van der Waals surface area contributed by atoms with Crippen molar-refractivity contribution in [1.29, 1.82) is 0 Å². The SMILES string of the molecule is CC(=O)N1CC2(CC(c3ccc4cc(O)nnc4c3)C2)C1. The van der Waals surface area contributed by atoms with Gasteiger partial charge < -0.3 is 10.0 Å². The van der Waals surface area contributed by atoms with Crippen LogP contribution in [0, 0.1) is 5.41 Å². The van der Waals surface area contributed by atoms with E-state index in [0.717, 1.165) is 36.8 Å². The van der Waals surface area contributed by atoms with E-state index in [-0.39, 0.29) is 11.8 Å². The second kappa shape index (κ2) is 4.16. The summed E-state index contributed by atoms with van der Waals surface area (Å²) in [7, 11) is 0. The Morgan fingerprint density at radius 1 is 1.29 bits per heavy atom. The highest BCUT2D eigenvalue weighted by molar-refractivity contribution is 5.79. The normalized spacial score (nSPS) is 20.3. The number of fused-ring (bicyclic) bond motifs is 1. The fourth-order valence-corrected chi connectivity index (χ4v) is 3.76. The number of carbonyl (C=O) groups excluding carboxylic acids is 1. The summed E-state index contributed by atoms with van der Waals surface area (Å²) in [6.45, 7) is 3.47. The third-order valence-electron chi connectivity index (χ3n) is 4.93. The molecule has 5 heteroatoms. The topological polar surface area (TPSA) is 66.3 Å². The first kappa shape index (κ1) is 12.6. The van der Waals surface area contributed by atoms with Crippen molar-refractivity contribution in [2.24, 2.45) is 5.41 Å². The molecule has 1 amide bonds. The van der Waals surface area contributed by atoms with Crippen molar-refractivity contribution in [3.63, 3.8) is 0 Å². The minimum Gasteiger partial charge on any atom is -0.492 e. The molecule has 2 heterocycles. The van der Waals surface area contributed by atoms with Crippen LogP contribution in [0.4, 0.5) is 0 Å². The minimum absolute atomic E-state index is 0.0448. The lowest BCUT2D eigenvalue weighted by Gasteiger charge is -2.59. The van der Waals surface area contributed by atoms with Gasteiger partial charge in [0.1, 0.15) is 0 Å². The van der Waals surface area contributed by atoms with Crippen molar-refractivity contribution in [3.05, 3.63) is 29.8 Å². The summed E-state index contributed by atoms with van der Waals surface area (Å²) in [5.41, 5.74) is 2.48. The molecule has 108 valence electrons. The van der Waals surface area contributed by atoms with E-state index in [1.807, 2.05) is 11.0 Å². The number of hydrogen-bond acceptors (Lipinski definition) is 4. The summed E-state index contributed by atoms with van der Waals surface area (Å²) >= 11 is 0. The lowest BCUT2D eigenvalue weighted by Crippen LogP contribution is -2.62. The molecule has 1 aliphatic carbocycles.